The van der Waals surface area contributed by atoms with E-state index in [9.17, 15) is 0 Å². The van der Waals surface area contributed by atoms with Gasteiger partial charge in [0.15, 0.2) is 0 Å². The second-order valence-corrected chi connectivity index (χ2v) is 4.63. The molecule has 100 valence electrons. The van der Waals surface area contributed by atoms with Gasteiger partial charge in [-0.25, -0.2) is 0 Å². The third-order valence-electron chi connectivity index (χ3n) is 3.58. The lowest BCUT2D eigenvalue weighted by Gasteiger charge is -2.38. The second kappa shape index (κ2) is 6.80. The maximum atomic E-state index is 8.94. The molecule has 1 aromatic rings. The van der Waals surface area contributed by atoms with Crippen molar-refractivity contribution in [3.05, 3.63) is 30.1 Å². The molecule has 0 bridgehead atoms. The van der Waals surface area contributed by atoms with Crippen LogP contribution in [0.5, 0.6) is 0 Å². The van der Waals surface area contributed by atoms with Crippen LogP contribution in [0.2, 0.25) is 0 Å². The minimum atomic E-state index is 0.241. The summed E-state index contributed by atoms with van der Waals surface area (Å²) in [6.07, 6.45) is 3.64. The van der Waals surface area contributed by atoms with Gasteiger partial charge in [0.25, 0.3) is 0 Å². The molecule has 0 aliphatic carbocycles. The molecule has 2 rings (SSSR count). The van der Waals surface area contributed by atoms with Crippen LogP contribution in [-0.2, 0) is 0 Å². The van der Waals surface area contributed by atoms with Crippen LogP contribution < -0.4 is 5.73 Å². The van der Waals surface area contributed by atoms with Crippen molar-refractivity contribution >= 4 is 0 Å². The maximum absolute atomic E-state index is 8.94. The number of piperazine rings is 1. The molecule has 0 amide bonds. The summed E-state index contributed by atoms with van der Waals surface area (Å²) < 4.78 is 0. The highest BCUT2D eigenvalue weighted by Crippen LogP contribution is 2.20. The lowest BCUT2D eigenvalue weighted by atomic mass is 10.1. The van der Waals surface area contributed by atoms with Crippen molar-refractivity contribution in [3.8, 4) is 0 Å². The Morgan fingerprint density at radius 2 is 1.89 bits per heavy atom. The van der Waals surface area contributed by atoms with Crippen molar-refractivity contribution in [1.29, 1.82) is 0 Å². The fourth-order valence-electron chi connectivity index (χ4n) is 2.52. The highest BCUT2D eigenvalue weighted by atomic mass is 16.3. The van der Waals surface area contributed by atoms with E-state index in [1.165, 1.54) is 5.56 Å². The van der Waals surface area contributed by atoms with E-state index < -0.39 is 0 Å². The van der Waals surface area contributed by atoms with Crippen LogP contribution in [0.25, 0.3) is 0 Å². The molecule has 1 atom stereocenters. The topological polar surface area (TPSA) is 65.6 Å². The molecule has 0 radical (unpaired) electrons. The first-order chi connectivity index (χ1) is 8.85. The van der Waals surface area contributed by atoms with Crippen molar-refractivity contribution in [3.63, 3.8) is 0 Å². The molecule has 5 heteroatoms. The van der Waals surface area contributed by atoms with E-state index in [-0.39, 0.29) is 12.6 Å². The van der Waals surface area contributed by atoms with E-state index in [2.05, 4.69) is 14.8 Å². The molecule has 1 unspecified atom stereocenters. The summed E-state index contributed by atoms with van der Waals surface area (Å²) in [5.74, 6) is 0. The van der Waals surface area contributed by atoms with Gasteiger partial charge in [0.1, 0.15) is 0 Å². The lowest BCUT2D eigenvalue weighted by Crippen LogP contribution is -2.49. The first-order valence-corrected chi connectivity index (χ1v) is 6.52. The predicted molar refractivity (Wildman–Crippen MR) is 71.1 cm³/mol. The molecular formula is C13H22N4O. The molecule has 1 aliphatic rings. The smallest absolute Gasteiger partial charge is 0.0558 e. The molecule has 1 saturated heterocycles. The van der Waals surface area contributed by atoms with Crippen molar-refractivity contribution in [2.24, 2.45) is 5.73 Å². The van der Waals surface area contributed by atoms with E-state index in [0.717, 1.165) is 32.7 Å². The Bertz CT molecular complexity index is 338. The average Bonchev–Trinajstić information content (AvgIpc) is 2.43. The number of aliphatic hydroxyl groups excluding tert-OH is 1. The number of nitrogens with zero attached hydrogens (tertiary/aromatic N) is 3. The monoisotopic (exact) mass is 250 g/mol. The van der Waals surface area contributed by atoms with Gasteiger partial charge in [-0.2, -0.15) is 0 Å². The number of pyridine rings is 1. The van der Waals surface area contributed by atoms with Gasteiger partial charge in [-0.3, -0.25) is 14.8 Å². The minimum absolute atomic E-state index is 0.241. The van der Waals surface area contributed by atoms with E-state index in [4.69, 9.17) is 10.8 Å². The molecular weight excluding hydrogens is 228 g/mol. The standard InChI is InChI=1S/C13H22N4O/c14-11-13(12-1-3-15-4-2-12)17-7-5-16(6-8-17)9-10-18/h1-4,13,18H,5-11,14H2. The van der Waals surface area contributed by atoms with Gasteiger partial charge in [-0.1, -0.05) is 0 Å². The summed E-state index contributed by atoms with van der Waals surface area (Å²) in [5.41, 5.74) is 7.15. The largest absolute Gasteiger partial charge is 0.395 e. The number of hydrogen-bond acceptors (Lipinski definition) is 5. The molecule has 18 heavy (non-hydrogen) atoms. The quantitative estimate of drug-likeness (QED) is 0.750. The van der Waals surface area contributed by atoms with E-state index in [0.29, 0.717) is 6.54 Å². The Labute approximate surface area is 108 Å². The summed E-state index contributed by atoms with van der Waals surface area (Å²) in [6.45, 7) is 5.66. The third kappa shape index (κ3) is 3.26. The molecule has 1 aromatic heterocycles. The van der Waals surface area contributed by atoms with Crippen LogP contribution in [0.4, 0.5) is 0 Å². The Kier molecular flexibility index (Phi) is 5.07. The predicted octanol–water partition coefficient (Wildman–Crippen LogP) is -0.309. The van der Waals surface area contributed by atoms with Crippen LogP contribution >= 0.6 is 0 Å². The van der Waals surface area contributed by atoms with Crippen LogP contribution in [0.3, 0.4) is 0 Å². The molecule has 0 spiro atoms. The maximum Gasteiger partial charge on any atom is 0.0558 e. The first kappa shape index (κ1) is 13.4. The first-order valence-electron chi connectivity index (χ1n) is 6.52. The van der Waals surface area contributed by atoms with Crippen molar-refractivity contribution in [2.75, 3.05) is 45.9 Å². The fraction of sp³-hybridized carbons (Fsp3) is 0.615. The number of β-amino-alcohol motifs (C(OH)–C–C–N with tert-alkyl or cyclic N) is 1. The Morgan fingerprint density at radius 3 is 2.44 bits per heavy atom. The Hall–Kier alpha value is -1.01. The zero-order valence-electron chi connectivity index (χ0n) is 10.7. The molecule has 3 N–H and O–H groups in total. The summed E-state index contributed by atoms with van der Waals surface area (Å²) in [6, 6.07) is 4.36. The lowest BCUT2D eigenvalue weighted by molar-refractivity contribution is 0.0857. The summed E-state index contributed by atoms with van der Waals surface area (Å²) in [4.78, 5) is 8.76. The van der Waals surface area contributed by atoms with E-state index >= 15 is 0 Å². The minimum Gasteiger partial charge on any atom is -0.395 e. The van der Waals surface area contributed by atoms with E-state index in [1.807, 2.05) is 24.5 Å². The molecule has 1 fully saturated rings. The van der Waals surface area contributed by atoms with Gasteiger partial charge in [0.05, 0.1) is 6.61 Å². The van der Waals surface area contributed by atoms with Gasteiger partial charge in [-0.05, 0) is 17.7 Å². The van der Waals surface area contributed by atoms with Gasteiger partial charge in [0, 0.05) is 57.7 Å². The molecule has 0 aromatic carbocycles. The van der Waals surface area contributed by atoms with Crippen LogP contribution in [-0.4, -0.2) is 65.8 Å². The zero-order chi connectivity index (χ0) is 12.8. The van der Waals surface area contributed by atoms with Gasteiger partial charge in [-0.15, -0.1) is 0 Å². The van der Waals surface area contributed by atoms with Crippen molar-refractivity contribution in [1.82, 2.24) is 14.8 Å². The van der Waals surface area contributed by atoms with E-state index in [1.54, 1.807) is 0 Å². The van der Waals surface area contributed by atoms with Crippen LogP contribution in [0.15, 0.2) is 24.5 Å². The second-order valence-electron chi connectivity index (χ2n) is 4.63. The summed E-state index contributed by atoms with van der Waals surface area (Å²) in [7, 11) is 0. The number of rotatable bonds is 5. The van der Waals surface area contributed by atoms with Crippen LogP contribution in [0, 0.1) is 0 Å². The highest BCUT2D eigenvalue weighted by molar-refractivity contribution is 5.15. The van der Waals surface area contributed by atoms with Crippen molar-refractivity contribution < 1.29 is 5.11 Å². The number of aromatic nitrogens is 1. The third-order valence-corrected chi connectivity index (χ3v) is 3.58. The Morgan fingerprint density at radius 1 is 1.22 bits per heavy atom. The molecule has 1 aliphatic heterocycles. The number of aliphatic hydroxyl groups is 1. The SMILES string of the molecule is NCC(c1ccncc1)N1CCN(CCO)CC1. The number of hydrogen-bond donors (Lipinski definition) is 2. The van der Waals surface area contributed by atoms with Gasteiger partial charge in [0.2, 0.25) is 0 Å². The Balaban J connectivity index is 1.95. The normalized spacial score (nSPS) is 19.9. The molecule has 5 nitrogen and oxygen atoms in total. The molecule has 2 heterocycles. The summed E-state index contributed by atoms with van der Waals surface area (Å²) >= 11 is 0. The number of nitrogens with two attached hydrogens (primary N) is 1. The van der Waals surface area contributed by atoms with Gasteiger partial charge < -0.3 is 10.8 Å². The average molecular weight is 250 g/mol. The fourth-order valence-corrected chi connectivity index (χ4v) is 2.52. The van der Waals surface area contributed by atoms with Crippen molar-refractivity contribution in [2.45, 2.75) is 6.04 Å². The summed E-state index contributed by atoms with van der Waals surface area (Å²) in [5, 5.41) is 8.94. The van der Waals surface area contributed by atoms with Crippen LogP contribution in [0.1, 0.15) is 11.6 Å². The molecule has 0 saturated carbocycles. The van der Waals surface area contributed by atoms with Gasteiger partial charge >= 0.3 is 0 Å². The zero-order valence-corrected chi connectivity index (χ0v) is 10.7. The highest BCUT2D eigenvalue weighted by Gasteiger charge is 2.23.